The van der Waals surface area contributed by atoms with Crippen molar-refractivity contribution in [1.82, 2.24) is 0 Å². The van der Waals surface area contributed by atoms with Crippen molar-refractivity contribution >= 4 is 11.6 Å². The van der Waals surface area contributed by atoms with Crippen molar-refractivity contribution in [3.8, 4) is 0 Å². The second kappa shape index (κ2) is 4.78. The van der Waals surface area contributed by atoms with Crippen molar-refractivity contribution in [3.63, 3.8) is 0 Å². The summed E-state index contributed by atoms with van der Waals surface area (Å²) >= 11 is 5.79. The van der Waals surface area contributed by atoms with E-state index < -0.39 is 11.5 Å². The highest BCUT2D eigenvalue weighted by Crippen LogP contribution is 2.43. The zero-order valence-electron chi connectivity index (χ0n) is 10.3. The summed E-state index contributed by atoms with van der Waals surface area (Å²) in [5, 5.41) is 11.0. The molecule has 18 heavy (non-hydrogen) atoms. The molecule has 0 radical (unpaired) electrons. The van der Waals surface area contributed by atoms with Gasteiger partial charge in [0.1, 0.15) is 0 Å². The van der Waals surface area contributed by atoms with Crippen molar-refractivity contribution in [2.75, 3.05) is 0 Å². The number of hydrogen-bond acceptors (Lipinski definition) is 1. The molecule has 0 saturated heterocycles. The lowest BCUT2D eigenvalue weighted by atomic mass is 9.85. The summed E-state index contributed by atoms with van der Waals surface area (Å²) in [5.74, 6) is -2.67. The van der Waals surface area contributed by atoms with Crippen molar-refractivity contribution < 1.29 is 13.9 Å². The van der Waals surface area contributed by atoms with E-state index in [1.165, 1.54) is 0 Å². The third-order valence-corrected chi connectivity index (χ3v) is 3.91. The first kappa shape index (κ1) is 13.8. The van der Waals surface area contributed by atoms with Gasteiger partial charge in [-0.05, 0) is 43.4 Å². The molecule has 1 N–H and O–H groups in total. The van der Waals surface area contributed by atoms with E-state index in [9.17, 15) is 13.9 Å². The van der Waals surface area contributed by atoms with Crippen LogP contribution in [-0.2, 0) is 5.60 Å². The highest BCUT2D eigenvalue weighted by Gasteiger charge is 2.41. The molecule has 0 heterocycles. The van der Waals surface area contributed by atoms with E-state index in [-0.39, 0.29) is 18.8 Å². The first-order valence-electron chi connectivity index (χ1n) is 6.15. The van der Waals surface area contributed by atoms with Crippen LogP contribution >= 0.6 is 11.6 Å². The number of hydrogen-bond donors (Lipinski definition) is 1. The zero-order valence-corrected chi connectivity index (χ0v) is 11.1. The van der Waals surface area contributed by atoms with E-state index in [0.29, 0.717) is 17.9 Å². The Morgan fingerprint density at radius 2 is 2.00 bits per heavy atom. The summed E-state index contributed by atoms with van der Waals surface area (Å²) in [4.78, 5) is 0. The molecule has 1 aromatic carbocycles. The topological polar surface area (TPSA) is 20.2 Å². The van der Waals surface area contributed by atoms with Crippen molar-refractivity contribution in [1.29, 1.82) is 0 Å². The molecular formula is C14H17ClF2O. The molecule has 1 aromatic rings. The van der Waals surface area contributed by atoms with Crippen molar-refractivity contribution in [3.05, 3.63) is 34.9 Å². The van der Waals surface area contributed by atoms with E-state index in [2.05, 4.69) is 0 Å². The largest absolute Gasteiger partial charge is 0.385 e. The second-order valence-corrected chi connectivity index (χ2v) is 5.89. The quantitative estimate of drug-likeness (QED) is 0.868. The summed E-state index contributed by atoms with van der Waals surface area (Å²) in [7, 11) is 0. The van der Waals surface area contributed by atoms with Crippen LogP contribution in [0.1, 0.15) is 38.2 Å². The molecule has 1 fully saturated rings. The maximum absolute atomic E-state index is 13.1. The molecule has 2 rings (SSSR count). The van der Waals surface area contributed by atoms with Gasteiger partial charge in [-0.2, -0.15) is 0 Å². The van der Waals surface area contributed by atoms with Crippen LogP contribution in [0.2, 0.25) is 5.02 Å². The Morgan fingerprint density at radius 3 is 2.50 bits per heavy atom. The number of alkyl halides is 2. The molecule has 1 saturated carbocycles. The fourth-order valence-corrected chi connectivity index (χ4v) is 2.83. The van der Waals surface area contributed by atoms with Gasteiger partial charge in [0.25, 0.3) is 0 Å². The maximum Gasteiger partial charge on any atom is 0.248 e. The monoisotopic (exact) mass is 274 g/mol. The Hall–Kier alpha value is -0.670. The van der Waals surface area contributed by atoms with Crippen LogP contribution in [0.25, 0.3) is 0 Å². The van der Waals surface area contributed by atoms with Gasteiger partial charge in [0.05, 0.1) is 5.60 Å². The van der Waals surface area contributed by atoms with E-state index in [1.54, 1.807) is 31.2 Å². The molecule has 2 unspecified atom stereocenters. The van der Waals surface area contributed by atoms with Gasteiger partial charge in [-0.15, -0.1) is 0 Å². The molecule has 0 aliphatic heterocycles. The highest BCUT2D eigenvalue weighted by atomic mass is 35.5. The van der Waals surface area contributed by atoms with Gasteiger partial charge in [-0.1, -0.05) is 23.7 Å². The summed E-state index contributed by atoms with van der Waals surface area (Å²) in [6.45, 7) is 1.67. The number of halogens is 3. The Kier molecular flexibility index (Phi) is 3.65. The third-order valence-electron chi connectivity index (χ3n) is 3.66. The van der Waals surface area contributed by atoms with Crippen LogP contribution in [0.15, 0.2) is 24.3 Å². The lowest BCUT2D eigenvalue weighted by molar-refractivity contribution is -0.00661. The summed E-state index contributed by atoms with van der Waals surface area (Å²) in [5.41, 5.74) is -0.350. The minimum atomic E-state index is -2.55. The van der Waals surface area contributed by atoms with Crippen LogP contribution in [0.5, 0.6) is 0 Å². The molecule has 0 spiro atoms. The SMILES string of the molecule is CC(O)(CC1CCC(F)(F)C1)c1ccc(Cl)cc1. The summed E-state index contributed by atoms with van der Waals surface area (Å²) < 4.78 is 26.3. The van der Waals surface area contributed by atoms with Gasteiger partial charge in [0.2, 0.25) is 5.92 Å². The lowest BCUT2D eigenvalue weighted by Gasteiger charge is -2.27. The molecule has 0 amide bonds. The van der Waals surface area contributed by atoms with Crippen LogP contribution in [0.3, 0.4) is 0 Å². The molecule has 4 heteroatoms. The minimum Gasteiger partial charge on any atom is -0.385 e. The van der Waals surface area contributed by atoms with Crippen LogP contribution in [0.4, 0.5) is 8.78 Å². The first-order valence-corrected chi connectivity index (χ1v) is 6.53. The fraction of sp³-hybridized carbons (Fsp3) is 0.571. The van der Waals surface area contributed by atoms with Crippen molar-refractivity contribution in [2.24, 2.45) is 5.92 Å². The highest BCUT2D eigenvalue weighted by molar-refractivity contribution is 6.30. The van der Waals surface area contributed by atoms with Crippen LogP contribution in [-0.4, -0.2) is 11.0 Å². The lowest BCUT2D eigenvalue weighted by Crippen LogP contribution is -2.24. The maximum atomic E-state index is 13.1. The molecule has 1 nitrogen and oxygen atoms in total. The Balaban J connectivity index is 2.05. The van der Waals surface area contributed by atoms with Gasteiger partial charge in [0.15, 0.2) is 0 Å². The molecule has 2 atom stereocenters. The Bertz CT molecular complexity index is 414. The van der Waals surface area contributed by atoms with Gasteiger partial charge < -0.3 is 5.11 Å². The molecule has 0 aromatic heterocycles. The predicted molar refractivity (Wildman–Crippen MR) is 67.9 cm³/mol. The van der Waals surface area contributed by atoms with Gasteiger partial charge >= 0.3 is 0 Å². The Labute approximate surface area is 111 Å². The predicted octanol–water partition coefficient (Wildman–Crippen LogP) is 4.37. The van der Waals surface area contributed by atoms with Gasteiger partial charge in [0, 0.05) is 17.9 Å². The standard InChI is InChI=1S/C14H17ClF2O/c1-13(18,11-2-4-12(15)5-3-11)8-10-6-7-14(16,17)9-10/h2-5,10,18H,6-9H2,1H3. The average molecular weight is 275 g/mol. The van der Waals surface area contributed by atoms with E-state index in [0.717, 1.165) is 5.56 Å². The minimum absolute atomic E-state index is 0.0611. The average Bonchev–Trinajstić information content (AvgIpc) is 2.57. The van der Waals surface area contributed by atoms with Gasteiger partial charge in [-0.25, -0.2) is 8.78 Å². The van der Waals surface area contributed by atoms with Gasteiger partial charge in [-0.3, -0.25) is 0 Å². The first-order chi connectivity index (χ1) is 8.28. The number of rotatable bonds is 3. The fourth-order valence-electron chi connectivity index (χ4n) is 2.70. The van der Waals surface area contributed by atoms with E-state index in [4.69, 9.17) is 11.6 Å². The Morgan fingerprint density at radius 1 is 1.39 bits per heavy atom. The van der Waals surface area contributed by atoms with Crippen LogP contribution in [0, 0.1) is 5.92 Å². The molecule has 1 aliphatic carbocycles. The van der Waals surface area contributed by atoms with Crippen LogP contribution < -0.4 is 0 Å². The summed E-state index contributed by atoms with van der Waals surface area (Å²) in [6, 6.07) is 6.90. The molecular weight excluding hydrogens is 258 g/mol. The molecule has 0 bridgehead atoms. The normalized spacial score (nSPS) is 25.9. The van der Waals surface area contributed by atoms with Crippen molar-refractivity contribution in [2.45, 2.75) is 44.1 Å². The third kappa shape index (κ3) is 3.21. The molecule has 1 aliphatic rings. The zero-order chi connectivity index (χ0) is 13.4. The smallest absolute Gasteiger partial charge is 0.248 e. The molecule has 100 valence electrons. The second-order valence-electron chi connectivity index (χ2n) is 5.45. The van der Waals surface area contributed by atoms with E-state index in [1.807, 2.05) is 0 Å². The number of benzene rings is 1. The summed E-state index contributed by atoms with van der Waals surface area (Å²) in [6.07, 6.45) is 0.673. The number of aliphatic hydroxyl groups is 1. The van der Waals surface area contributed by atoms with E-state index >= 15 is 0 Å².